The quantitative estimate of drug-likeness (QED) is 0.169. The number of anilines is 2. The summed E-state index contributed by atoms with van der Waals surface area (Å²) in [4.78, 5) is 25.2. The summed E-state index contributed by atoms with van der Waals surface area (Å²) in [7, 11) is 3.10. The molecule has 0 aliphatic rings. The van der Waals surface area contributed by atoms with E-state index < -0.39 is 5.92 Å². The minimum absolute atomic E-state index is 0.175. The number of amides is 2. The Kier molecular flexibility index (Phi) is 11.4. The molecule has 2 heterocycles. The van der Waals surface area contributed by atoms with Crippen molar-refractivity contribution in [2.24, 2.45) is 0 Å². The summed E-state index contributed by atoms with van der Waals surface area (Å²) in [6.07, 6.45) is 1.62. The summed E-state index contributed by atoms with van der Waals surface area (Å²) >= 11 is 4.42. The Morgan fingerprint density at radius 3 is 2.07 bits per heavy atom. The van der Waals surface area contributed by atoms with E-state index in [1.807, 2.05) is 24.3 Å². The number of aryl methyl sites for hydroxylation is 2. The normalized spacial score (nSPS) is 11.6. The Bertz CT molecular complexity index is 1450. The first-order valence-electron chi connectivity index (χ1n) is 12.7. The molecule has 2 aromatic heterocycles. The van der Waals surface area contributed by atoms with Gasteiger partial charge in [-0.15, -0.1) is 20.4 Å². The van der Waals surface area contributed by atoms with Crippen LogP contribution < -0.4 is 20.1 Å². The molecule has 2 amide bonds. The average Bonchev–Trinajstić information content (AvgIpc) is 3.62. The zero-order valence-corrected chi connectivity index (χ0v) is 25.0. The predicted molar refractivity (Wildman–Crippen MR) is 161 cm³/mol. The molecule has 0 saturated carbocycles. The van der Waals surface area contributed by atoms with E-state index in [0.717, 1.165) is 33.5 Å². The van der Waals surface area contributed by atoms with Gasteiger partial charge in [0, 0.05) is 24.0 Å². The molecule has 14 heteroatoms. The molecule has 4 aromatic rings. The zero-order chi connectivity index (χ0) is 29.0. The lowest BCUT2D eigenvalue weighted by Gasteiger charge is -2.16. The molecule has 11 nitrogen and oxygen atoms in total. The Hall–Kier alpha value is -3.59. The molecule has 0 aliphatic carbocycles. The van der Waals surface area contributed by atoms with Crippen molar-refractivity contribution in [1.82, 2.24) is 20.4 Å². The van der Waals surface area contributed by atoms with Crippen LogP contribution in [0.2, 0.25) is 0 Å². The highest BCUT2D eigenvalue weighted by atomic mass is 32.2. The Morgan fingerprint density at radius 2 is 1.44 bits per heavy atom. The molecule has 0 aliphatic heterocycles. The Balaban J connectivity index is 1.17. The smallest absolute Gasteiger partial charge is 0.236 e. The molecule has 0 spiro atoms. The molecule has 0 radical (unpaired) electrons. The van der Waals surface area contributed by atoms with Crippen molar-refractivity contribution < 1.29 is 24.2 Å². The summed E-state index contributed by atoms with van der Waals surface area (Å²) < 4.78 is 10.6. The second-order valence-electron chi connectivity index (χ2n) is 8.62. The summed E-state index contributed by atoms with van der Waals surface area (Å²) in [6, 6.07) is 14.5. The second-order valence-corrected chi connectivity index (χ2v) is 12.0. The van der Waals surface area contributed by atoms with E-state index in [4.69, 9.17) is 9.47 Å². The van der Waals surface area contributed by atoms with Gasteiger partial charge in [0.15, 0.2) is 0 Å². The number of aliphatic hydroxyl groups excluding tert-OH is 1. The maximum Gasteiger partial charge on any atom is 0.236 e. The zero-order valence-electron chi connectivity index (χ0n) is 22.5. The molecule has 216 valence electrons. The van der Waals surface area contributed by atoms with E-state index in [-0.39, 0.29) is 24.8 Å². The number of rotatable bonds is 15. The van der Waals surface area contributed by atoms with Crippen LogP contribution in [0.5, 0.6) is 11.5 Å². The van der Waals surface area contributed by atoms with Crippen molar-refractivity contribution in [2.45, 2.75) is 25.2 Å². The number of ether oxygens (including phenoxy) is 2. The van der Waals surface area contributed by atoms with E-state index in [1.165, 1.54) is 29.8 Å². The Morgan fingerprint density at radius 1 is 0.854 bits per heavy atom. The molecule has 1 unspecified atom stereocenters. The van der Waals surface area contributed by atoms with Gasteiger partial charge >= 0.3 is 0 Å². The first-order valence-corrected chi connectivity index (χ1v) is 15.5. The molecule has 0 bridgehead atoms. The van der Waals surface area contributed by atoms with Crippen LogP contribution in [-0.2, 0) is 28.9 Å². The lowest BCUT2D eigenvalue weighted by molar-refractivity contribution is -0.118. The molecular formula is C27H30N6O5S3. The van der Waals surface area contributed by atoms with Gasteiger partial charge in [-0.2, -0.15) is 11.8 Å². The van der Waals surface area contributed by atoms with Crippen molar-refractivity contribution in [2.75, 3.05) is 43.0 Å². The first kappa shape index (κ1) is 30.4. The van der Waals surface area contributed by atoms with Crippen LogP contribution >= 0.6 is 34.4 Å². The molecule has 0 saturated heterocycles. The fourth-order valence-electron chi connectivity index (χ4n) is 3.89. The van der Waals surface area contributed by atoms with Gasteiger partial charge in [-0.25, -0.2) is 0 Å². The third-order valence-corrected chi connectivity index (χ3v) is 8.67. The number of carbonyl (C=O) groups excluding carboxylic acids is 2. The summed E-state index contributed by atoms with van der Waals surface area (Å²) in [6.45, 7) is -0.361. The van der Waals surface area contributed by atoms with Gasteiger partial charge in [0.1, 0.15) is 21.5 Å². The van der Waals surface area contributed by atoms with Gasteiger partial charge in [-0.05, 0) is 23.6 Å². The van der Waals surface area contributed by atoms with E-state index in [9.17, 15) is 14.7 Å². The van der Waals surface area contributed by atoms with Crippen molar-refractivity contribution >= 4 is 56.5 Å². The van der Waals surface area contributed by atoms with E-state index in [0.29, 0.717) is 33.7 Å². The lowest BCUT2D eigenvalue weighted by Crippen LogP contribution is -2.24. The number of para-hydroxylation sites is 2. The number of aromatic nitrogens is 4. The number of hydrogen-bond donors (Lipinski definition) is 3. The maximum atomic E-state index is 12.8. The number of hydrogen-bond acceptors (Lipinski definition) is 12. The molecule has 0 fully saturated rings. The molecule has 4 rings (SSSR count). The second kappa shape index (κ2) is 15.4. The summed E-state index contributed by atoms with van der Waals surface area (Å²) in [5.74, 6) is 1.54. The van der Waals surface area contributed by atoms with Crippen molar-refractivity contribution in [1.29, 1.82) is 0 Å². The highest BCUT2D eigenvalue weighted by Crippen LogP contribution is 2.28. The van der Waals surface area contributed by atoms with E-state index >= 15 is 0 Å². The minimum atomic E-state index is -0.782. The number of carbonyl (C=O) groups is 2. The van der Waals surface area contributed by atoms with Crippen LogP contribution in [0.15, 0.2) is 48.5 Å². The monoisotopic (exact) mass is 614 g/mol. The van der Waals surface area contributed by atoms with Crippen LogP contribution in [0, 0.1) is 0 Å². The summed E-state index contributed by atoms with van der Waals surface area (Å²) in [5.41, 5.74) is 1.41. The van der Waals surface area contributed by atoms with Gasteiger partial charge in [-0.3, -0.25) is 14.9 Å². The van der Waals surface area contributed by atoms with Gasteiger partial charge in [0.2, 0.25) is 22.1 Å². The minimum Gasteiger partial charge on any atom is -0.496 e. The number of aliphatic hydroxyl groups is 1. The molecule has 2 aromatic carbocycles. The number of nitrogens with one attached hydrogen (secondary N) is 2. The van der Waals surface area contributed by atoms with Crippen molar-refractivity contribution in [3.05, 3.63) is 69.7 Å². The lowest BCUT2D eigenvalue weighted by atomic mass is 9.98. The van der Waals surface area contributed by atoms with E-state index in [1.54, 1.807) is 43.1 Å². The van der Waals surface area contributed by atoms with Crippen LogP contribution in [-0.4, -0.2) is 69.6 Å². The highest BCUT2D eigenvalue weighted by Gasteiger charge is 2.24. The van der Waals surface area contributed by atoms with Crippen LogP contribution in [0.25, 0.3) is 0 Å². The number of methoxy groups -OCH3 is 2. The SMILES string of the molecule is COc1ccccc1CC(=O)Nc1nnc(CCSCCc2nnc(NC(=O)C(CO)c3ccccc3OC)s2)s1. The van der Waals surface area contributed by atoms with Crippen LogP contribution in [0.1, 0.15) is 27.1 Å². The Labute approximate surface area is 249 Å². The fourth-order valence-corrected chi connectivity index (χ4v) is 6.52. The summed E-state index contributed by atoms with van der Waals surface area (Å²) in [5, 5.41) is 34.4. The van der Waals surface area contributed by atoms with Crippen LogP contribution in [0.4, 0.5) is 10.3 Å². The van der Waals surface area contributed by atoms with Gasteiger partial charge in [0.25, 0.3) is 0 Å². The largest absolute Gasteiger partial charge is 0.496 e. The standard InChI is InChI=1S/C27H30N6O5S3/c1-37-20-9-5-3-7-17(20)15-22(35)28-26-32-30-23(40-26)11-13-39-14-12-24-31-33-27(41-24)29-25(36)19(16-34)18-8-4-6-10-21(18)38-2/h3-10,19,34H,11-16H2,1-2H3,(H,28,32,35)(H,29,33,36). The van der Waals surface area contributed by atoms with E-state index in [2.05, 4.69) is 31.0 Å². The molecule has 41 heavy (non-hydrogen) atoms. The molecule has 3 N–H and O–H groups in total. The topological polar surface area (TPSA) is 148 Å². The molecular weight excluding hydrogens is 585 g/mol. The molecule has 1 atom stereocenters. The maximum absolute atomic E-state index is 12.8. The predicted octanol–water partition coefficient (Wildman–Crippen LogP) is 3.82. The van der Waals surface area contributed by atoms with Gasteiger partial charge < -0.3 is 19.9 Å². The fraction of sp³-hybridized carbons (Fsp3) is 0.333. The number of nitrogens with zero attached hydrogens (tertiary/aromatic N) is 4. The van der Waals surface area contributed by atoms with Crippen molar-refractivity contribution in [3.63, 3.8) is 0 Å². The third kappa shape index (κ3) is 8.70. The third-order valence-electron chi connectivity index (χ3n) is 5.89. The van der Waals surface area contributed by atoms with Crippen LogP contribution in [0.3, 0.4) is 0 Å². The highest BCUT2D eigenvalue weighted by molar-refractivity contribution is 7.99. The number of benzene rings is 2. The van der Waals surface area contributed by atoms with Crippen molar-refractivity contribution in [3.8, 4) is 11.5 Å². The van der Waals surface area contributed by atoms with Gasteiger partial charge in [0.05, 0.1) is 33.2 Å². The first-order chi connectivity index (χ1) is 20.0. The average molecular weight is 615 g/mol. The van der Waals surface area contributed by atoms with Gasteiger partial charge in [-0.1, -0.05) is 59.1 Å². The number of thioether (sulfide) groups is 1.